The fourth-order valence-electron chi connectivity index (χ4n) is 2.50. The fraction of sp³-hybridized carbons (Fsp3) is 0.769. The van der Waals surface area contributed by atoms with Gasteiger partial charge in [0.25, 0.3) is 0 Å². The summed E-state index contributed by atoms with van der Waals surface area (Å²) < 4.78 is 0. The highest BCUT2D eigenvalue weighted by Gasteiger charge is 2.25. The molecule has 1 atom stereocenters. The van der Waals surface area contributed by atoms with Crippen LogP contribution in [0.15, 0.2) is 0 Å². The molecule has 3 amide bonds. The molecule has 1 fully saturated rings. The van der Waals surface area contributed by atoms with Crippen LogP contribution in [0, 0.1) is 5.92 Å². The molecule has 0 bridgehead atoms. The average molecular weight is 285 g/mol. The second-order valence-electron chi connectivity index (χ2n) is 5.30. The van der Waals surface area contributed by atoms with Crippen LogP contribution in [0.4, 0.5) is 4.79 Å². The maximum atomic E-state index is 11.7. The lowest BCUT2D eigenvalue weighted by molar-refractivity contribution is -0.140. The number of aliphatic carboxylic acids is 1. The molecule has 20 heavy (non-hydrogen) atoms. The molecule has 0 heterocycles. The van der Waals surface area contributed by atoms with Gasteiger partial charge in [-0.05, 0) is 31.6 Å². The molecule has 0 aromatic heterocycles. The summed E-state index contributed by atoms with van der Waals surface area (Å²) in [5, 5.41) is 13.9. The van der Waals surface area contributed by atoms with Crippen molar-refractivity contribution >= 4 is 17.9 Å². The smallest absolute Gasteiger partial charge is 0.326 e. The van der Waals surface area contributed by atoms with E-state index in [-0.39, 0.29) is 6.04 Å². The number of nitrogens with one attached hydrogen (secondary N) is 2. The molecule has 1 saturated carbocycles. The van der Waals surface area contributed by atoms with Gasteiger partial charge in [-0.2, -0.15) is 0 Å². The molecule has 0 saturated heterocycles. The summed E-state index contributed by atoms with van der Waals surface area (Å²) in [6.07, 6.45) is 4.69. The summed E-state index contributed by atoms with van der Waals surface area (Å²) in [6, 6.07) is -1.76. The van der Waals surface area contributed by atoms with Crippen molar-refractivity contribution in [2.75, 3.05) is 0 Å². The third-order valence-electron chi connectivity index (χ3n) is 3.77. The first-order valence-electron chi connectivity index (χ1n) is 7.00. The number of hydrogen-bond donors (Lipinski definition) is 4. The molecule has 0 aliphatic heterocycles. The third kappa shape index (κ3) is 5.46. The largest absolute Gasteiger partial charge is 0.480 e. The fourth-order valence-corrected chi connectivity index (χ4v) is 2.50. The summed E-state index contributed by atoms with van der Waals surface area (Å²) in [6.45, 7) is 2.16. The number of urea groups is 1. The van der Waals surface area contributed by atoms with Crippen molar-refractivity contribution < 1.29 is 19.5 Å². The topological polar surface area (TPSA) is 122 Å². The molecule has 114 valence electrons. The quantitative estimate of drug-likeness (QED) is 0.570. The minimum atomic E-state index is -1.28. The Morgan fingerprint density at radius 3 is 2.30 bits per heavy atom. The maximum Gasteiger partial charge on any atom is 0.326 e. The van der Waals surface area contributed by atoms with Gasteiger partial charge < -0.3 is 21.5 Å². The second-order valence-corrected chi connectivity index (χ2v) is 5.30. The normalized spacial score (nSPS) is 23.6. The molecule has 7 nitrogen and oxygen atoms in total. The van der Waals surface area contributed by atoms with E-state index in [0.29, 0.717) is 0 Å². The van der Waals surface area contributed by atoms with E-state index in [4.69, 9.17) is 10.8 Å². The Hall–Kier alpha value is -1.79. The predicted molar refractivity (Wildman–Crippen MR) is 72.9 cm³/mol. The van der Waals surface area contributed by atoms with Crippen molar-refractivity contribution in [2.45, 2.75) is 57.5 Å². The lowest BCUT2D eigenvalue weighted by atomic mass is 9.85. The number of carbonyl (C=O) groups excluding carboxylic acids is 2. The molecule has 1 rings (SSSR count). The van der Waals surface area contributed by atoms with Crippen LogP contribution in [0.2, 0.25) is 0 Å². The van der Waals surface area contributed by atoms with Crippen LogP contribution in [-0.4, -0.2) is 35.1 Å². The van der Waals surface area contributed by atoms with Crippen LogP contribution in [0.5, 0.6) is 0 Å². The van der Waals surface area contributed by atoms with Crippen LogP contribution in [0.3, 0.4) is 0 Å². The zero-order chi connectivity index (χ0) is 15.1. The van der Waals surface area contributed by atoms with Crippen molar-refractivity contribution in [3.8, 4) is 0 Å². The molecule has 0 aromatic carbocycles. The first-order chi connectivity index (χ1) is 9.42. The van der Waals surface area contributed by atoms with Crippen LogP contribution >= 0.6 is 0 Å². The first kappa shape index (κ1) is 16.3. The molecular weight excluding hydrogens is 262 g/mol. The number of carbonyl (C=O) groups is 3. The van der Waals surface area contributed by atoms with Crippen LogP contribution in [0.25, 0.3) is 0 Å². The van der Waals surface area contributed by atoms with Crippen molar-refractivity contribution in [1.82, 2.24) is 10.6 Å². The molecular formula is C13H23N3O4. The van der Waals surface area contributed by atoms with E-state index in [0.717, 1.165) is 38.0 Å². The molecule has 0 spiro atoms. The van der Waals surface area contributed by atoms with Crippen molar-refractivity contribution in [1.29, 1.82) is 0 Å². The average Bonchev–Trinajstić information content (AvgIpc) is 2.38. The molecule has 5 N–H and O–H groups in total. The zero-order valence-corrected chi connectivity index (χ0v) is 11.7. The van der Waals surface area contributed by atoms with Crippen LogP contribution in [0.1, 0.15) is 45.4 Å². The molecule has 0 radical (unpaired) electrons. The summed E-state index contributed by atoms with van der Waals surface area (Å²) in [4.78, 5) is 33.4. The van der Waals surface area contributed by atoms with Gasteiger partial charge in [-0.3, -0.25) is 4.79 Å². The van der Waals surface area contributed by atoms with Gasteiger partial charge in [-0.25, -0.2) is 9.59 Å². The van der Waals surface area contributed by atoms with Crippen molar-refractivity contribution in [3.63, 3.8) is 0 Å². The Balaban J connectivity index is 2.38. The van der Waals surface area contributed by atoms with Gasteiger partial charge in [-0.15, -0.1) is 0 Å². The lowest BCUT2D eigenvalue weighted by Crippen LogP contribution is -2.50. The maximum absolute atomic E-state index is 11.7. The molecule has 7 heteroatoms. The highest BCUT2D eigenvalue weighted by Crippen LogP contribution is 2.26. The monoisotopic (exact) mass is 285 g/mol. The number of rotatable bonds is 6. The number of carboxylic acids is 1. The summed E-state index contributed by atoms with van der Waals surface area (Å²) >= 11 is 0. The number of hydrogen-bond acceptors (Lipinski definition) is 3. The third-order valence-corrected chi connectivity index (χ3v) is 3.77. The molecule has 0 aromatic rings. The summed E-state index contributed by atoms with van der Waals surface area (Å²) in [7, 11) is 0. The number of nitrogens with two attached hydrogens (primary N) is 1. The highest BCUT2D eigenvalue weighted by molar-refractivity contribution is 5.87. The Morgan fingerprint density at radius 2 is 1.85 bits per heavy atom. The molecule has 1 aliphatic carbocycles. The zero-order valence-electron chi connectivity index (χ0n) is 11.7. The minimum Gasteiger partial charge on any atom is -0.480 e. The lowest BCUT2D eigenvalue weighted by Gasteiger charge is -2.28. The molecule has 1 aliphatic rings. The van der Waals surface area contributed by atoms with E-state index in [1.54, 1.807) is 0 Å². The van der Waals surface area contributed by atoms with Gasteiger partial charge in [0.2, 0.25) is 5.91 Å². The SMILES string of the molecule is CCC1CCC(NC(=O)NC(CC(N)=O)C(=O)O)CC1. The summed E-state index contributed by atoms with van der Waals surface area (Å²) in [5.74, 6) is -1.31. The van der Waals surface area contributed by atoms with E-state index in [1.165, 1.54) is 0 Å². The number of carboxylic acid groups (broad SMARTS) is 1. The minimum absolute atomic E-state index is 0.0702. The van der Waals surface area contributed by atoms with Crippen molar-refractivity contribution in [3.05, 3.63) is 0 Å². The van der Waals surface area contributed by atoms with Crippen LogP contribution < -0.4 is 16.4 Å². The molecule has 1 unspecified atom stereocenters. The van der Waals surface area contributed by atoms with Gasteiger partial charge in [0.1, 0.15) is 6.04 Å². The van der Waals surface area contributed by atoms with E-state index < -0.39 is 30.4 Å². The van der Waals surface area contributed by atoms with E-state index in [2.05, 4.69) is 17.6 Å². The summed E-state index contributed by atoms with van der Waals surface area (Å²) in [5.41, 5.74) is 4.95. The first-order valence-corrected chi connectivity index (χ1v) is 7.00. The highest BCUT2D eigenvalue weighted by atomic mass is 16.4. The Morgan fingerprint density at radius 1 is 1.25 bits per heavy atom. The van der Waals surface area contributed by atoms with Gasteiger partial charge in [0.15, 0.2) is 0 Å². The van der Waals surface area contributed by atoms with E-state index >= 15 is 0 Å². The van der Waals surface area contributed by atoms with Gasteiger partial charge in [-0.1, -0.05) is 13.3 Å². The standard InChI is InChI=1S/C13H23N3O4/c1-2-8-3-5-9(6-4-8)15-13(20)16-10(12(18)19)7-11(14)17/h8-10H,2-7H2,1H3,(H2,14,17)(H,18,19)(H2,15,16,20). The number of amides is 3. The number of primary amides is 1. The predicted octanol–water partition coefficient (Wildman–Crippen LogP) is 0.583. The van der Waals surface area contributed by atoms with Crippen LogP contribution in [-0.2, 0) is 9.59 Å². The second kappa shape index (κ2) is 7.72. The Bertz CT molecular complexity index is 365. The van der Waals surface area contributed by atoms with Crippen molar-refractivity contribution in [2.24, 2.45) is 11.7 Å². The van der Waals surface area contributed by atoms with Gasteiger partial charge in [0.05, 0.1) is 6.42 Å². The van der Waals surface area contributed by atoms with Gasteiger partial charge in [0, 0.05) is 6.04 Å². The Labute approximate surface area is 118 Å². The van der Waals surface area contributed by atoms with Gasteiger partial charge >= 0.3 is 12.0 Å². The Kier molecular flexibility index (Phi) is 6.27. The van der Waals surface area contributed by atoms with E-state index in [9.17, 15) is 14.4 Å². The van der Waals surface area contributed by atoms with E-state index in [1.807, 2.05) is 0 Å².